The van der Waals surface area contributed by atoms with Gasteiger partial charge in [-0.3, -0.25) is 0 Å². The van der Waals surface area contributed by atoms with E-state index in [0.29, 0.717) is 13.2 Å². The highest BCUT2D eigenvalue weighted by atomic mass is 16.2. The minimum atomic E-state index is 0.105. The molecule has 0 bridgehead atoms. The number of nitrogens with one attached hydrogen (secondary N) is 1. The summed E-state index contributed by atoms with van der Waals surface area (Å²) in [6.07, 6.45) is 5.42. The molecule has 0 aliphatic heterocycles. The van der Waals surface area contributed by atoms with Gasteiger partial charge in [0.15, 0.2) is 0 Å². The zero-order valence-electron chi connectivity index (χ0n) is 9.68. The number of aliphatic hydroxyl groups excluding tert-OH is 1. The normalized spacial score (nSPS) is 15.4. The molecule has 0 saturated heterocycles. The van der Waals surface area contributed by atoms with Crippen LogP contribution in [0, 0.1) is 0 Å². The molecule has 0 aromatic carbocycles. The van der Waals surface area contributed by atoms with Gasteiger partial charge in [0.1, 0.15) is 0 Å². The van der Waals surface area contributed by atoms with Gasteiger partial charge in [-0.25, -0.2) is 0 Å². The number of aliphatic hydroxyl groups is 1. The lowest BCUT2D eigenvalue weighted by molar-refractivity contribution is 0.279. The van der Waals surface area contributed by atoms with Gasteiger partial charge in [0.2, 0.25) is 0 Å². The number of hydrogen-bond donors (Lipinski definition) is 3. The molecule has 3 heteroatoms. The van der Waals surface area contributed by atoms with Gasteiger partial charge in [-0.2, -0.15) is 0 Å². The van der Waals surface area contributed by atoms with Crippen molar-refractivity contribution in [3.05, 3.63) is 0 Å². The van der Waals surface area contributed by atoms with Crippen LogP contribution in [0.4, 0.5) is 0 Å². The predicted octanol–water partition coefficient (Wildman–Crippen LogP) is 1.26. The van der Waals surface area contributed by atoms with Crippen LogP contribution in [0.15, 0.2) is 0 Å². The Morgan fingerprint density at radius 1 is 1.29 bits per heavy atom. The van der Waals surface area contributed by atoms with Crippen LogP contribution >= 0.6 is 0 Å². The molecule has 0 heterocycles. The molecular weight excluding hydrogens is 176 g/mol. The van der Waals surface area contributed by atoms with Gasteiger partial charge < -0.3 is 16.2 Å². The van der Waals surface area contributed by atoms with Gasteiger partial charge in [0, 0.05) is 18.7 Å². The summed E-state index contributed by atoms with van der Waals surface area (Å²) in [6, 6.07) is 0. The van der Waals surface area contributed by atoms with E-state index >= 15 is 0 Å². The van der Waals surface area contributed by atoms with Crippen LogP contribution in [0.3, 0.4) is 0 Å². The second-order valence-electron chi connectivity index (χ2n) is 4.23. The molecule has 86 valence electrons. The van der Waals surface area contributed by atoms with E-state index in [9.17, 15) is 0 Å². The molecule has 1 atom stereocenters. The summed E-state index contributed by atoms with van der Waals surface area (Å²) >= 11 is 0. The Balaban J connectivity index is 3.51. The van der Waals surface area contributed by atoms with Crippen molar-refractivity contribution in [1.82, 2.24) is 5.32 Å². The van der Waals surface area contributed by atoms with Crippen molar-refractivity contribution >= 4 is 0 Å². The molecule has 0 aromatic rings. The van der Waals surface area contributed by atoms with Crippen LogP contribution in [0.2, 0.25) is 0 Å². The number of nitrogens with two attached hydrogens (primary N) is 1. The quantitative estimate of drug-likeness (QED) is 0.493. The van der Waals surface area contributed by atoms with Crippen LogP contribution in [0.25, 0.3) is 0 Å². The zero-order chi connectivity index (χ0) is 10.9. The van der Waals surface area contributed by atoms with Gasteiger partial charge in [-0.1, -0.05) is 13.3 Å². The Morgan fingerprint density at radius 3 is 2.50 bits per heavy atom. The fourth-order valence-electron chi connectivity index (χ4n) is 1.62. The first-order valence-corrected chi connectivity index (χ1v) is 5.74. The van der Waals surface area contributed by atoms with Crippen molar-refractivity contribution < 1.29 is 5.11 Å². The lowest BCUT2D eigenvalue weighted by atomic mass is 9.96. The molecule has 0 spiro atoms. The zero-order valence-corrected chi connectivity index (χ0v) is 9.68. The Labute approximate surface area is 88.1 Å². The molecule has 0 amide bonds. The summed E-state index contributed by atoms with van der Waals surface area (Å²) in [6.45, 7) is 6.38. The minimum Gasteiger partial charge on any atom is -0.396 e. The molecule has 0 radical (unpaired) electrons. The topological polar surface area (TPSA) is 58.3 Å². The molecule has 0 aliphatic rings. The fraction of sp³-hybridized carbons (Fsp3) is 1.00. The largest absolute Gasteiger partial charge is 0.396 e. The summed E-state index contributed by atoms with van der Waals surface area (Å²) in [5.74, 6) is 0. The first-order valence-electron chi connectivity index (χ1n) is 5.74. The van der Waals surface area contributed by atoms with Gasteiger partial charge in [0.05, 0.1) is 0 Å². The first-order chi connectivity index (χ1) is 6.68. The van der Waals surface area contributed by atoms with Crippen LogP contribution in [0.5, 0.6) is 0 Å². The number of unbranched alkanes of at least 4 members (excludes halogenated alkanes) is 2. The van der Waals surface area contributed by atoms with Crippen molar-refractivity contribution in [3.8, 4) is 0 Å². The van der Waals surface area contributed by atoms with E-state index in [1.807, 2.05) is 0 Å². The van der Waals surface area contributed by atoms with Gasteiger partial charge in [0.25, 0.3) is 0 Å². The van der Waals surface area contributed by atoms with Crippen LogP contribution in [-0.2, 0) is 0 Å². The van der Waals surface area contributed by atoms with Gasteiger partial charge >= 0.3 is 0 Å². The molecule has 0 aromatic heterocycles. The average molecular weight is 202 g/mol. The maximum absolute atomic E-state index is 8.62. The predicted molar refractivity (Wildman–Crippen MR) is 61.3 cm³/mol. The van der Waals surface area contributed by atoms with Crippen molar-refractivity contribution in [3.63, 3.8) is 0 Å². The van der Waals surface area contributed by atoms with E-state index in [0.717, 1.165) is 38.6 Å². The Hall–Kier alpha value is -0.120. The van der Waals surface area contributed by atoms with E-state index in [4.69, 9.17) is 10.8 Å². The van der Waals surface area contributed by atoms with Gasteiger partial charge in [-0.15, -0.1) is 0 Å². The Bertz CT molecular complexity index is 130. The Kier molecular flexibility index (Phi) is 8.14. The highest BCUT2D eigenvalue weighted by Gasteiger charge is 2.19. The fourth-order valence-corrected chi connectivity index (χ4v) is 1.62. The molecule has 0 fully saturated rings. The molecular formula is C11H26N2O. The minimum absolute atomic E-state index is 0.105. The molecule has 0 saturated carbocycles. The van der Waals surface area contributed by atoms with E-state index < -0.39 is 0 Å². The SMILES string of the molecule is CCCC(C)(CN)NCCCCCO. The summed E-state index contributed by atoms with van der Waals surface area (Å²) in [7, 11) is 0. The standard InChI is InChI=1S/C11H26N2O/c1-3-7-11(2,10-12)13-8-5-4-6-9-14/h13-14H,3-10,12H2,1-2H3. The van der Waals surface area contributed by atoms with Crippen LogP contribution in [-0.4, -0.2) is 30.3 Å². The number of rotatable bonds is 9. The highest BCUT2D eigenvalue weighted by Crippen LogP contribution is 2.10. The summed E-state index contributed by atoms with van der Waals surface area (Å²) in [4.78, 5) is 0. The van der Waals surface area contributed by atoms with Crippen LogP contribution in [0.1, 0.15) is 46.0 Å². The van der Waals surface area contributed by atoms with Crippen LogP contribution < -0.4 is 11.1 Å². The maximum atomic E-state index is 8.62. The van der Waals surface area contributed by atoms with Gasteiger partial charge in [-0.05, 0) is 39.2 Å². The molecule has 14 heavy (non-hydrogen) atoms. The first kappa shape index (κ1) is 13.9. The van der Waals surface area contributed by atoms with Crippen molar-refractivity contribution in [2.75, 3.05) is 19.7 Å². The lowest BCUT2D eigenvalue weighted by Gasteiger charge is -2.29. The second kappa shape index (κ2) is 8.21. The third-order valence-corrected chi connectivity index (χ3v) is 2.64. The summed E-state index contributed by atoms with van der Waals surface area (Å²) in [5.41, 5.74) is 5.84. The van der Waals surface area contributed by atoms with E-state index in [-0.39, 0.29) is 5.54 Å². The maximum Gasteiger partial charge on any atom is 0.0431 e. The summed E-state index contributed by atoms with van der Waals surface area (Å²) in [5, 5.41) is 12.1. The summed E-state index contributed by atoms with van der Waals surface area (Å²) < 4.78 is 0. The Morgan fingerprint density at radius 2 is 2.00 bits per heavy atom. The van der Waals surface area contributed by atoms with Crippen molar-refractivity contribution in [2.45, 2.75) is 51.5 Å². The molecule has 0 aliphatic carbocycles. The monoisotopic (exact) mass is 202 g/mol. The lowest BCUT2D eigenvalue weighted by Crippen LogP contribution is -2.48. The number of hydrogen-bond acceptors (Lipinski definition) is 3. The smallest absolute Gasteiger partial charge is 0.0431 e. The second-order valence-corrected chi connectivity index (χ2v) is 4.23. The molecule has 1 unspecified atom stereocenters. The van der Waals surface area contributed by atoms with E-state index in [1.165, 1.54) is 0 Å². The third kappa shape index (κ3) is 6.35. The van der Waals surface area contributed by atoms with E-state index in [2.05, 4.69) is 19.2 Å². The van der Waals surface area contributed by atoms with Crippen molar-refractivity contribution in [1.29, 1.82) is 0 Å². The van der Waals surface area contributed by atoms with E-state index in [1.54, 1.807) is 0 Å². The molecule has 0 rings (SSSR count). The molecule has 4 N–H and O–H groups in total. The highest BCUT2D eigenvalue weighted by molar-refractivity contribution is 4.83. The van der Waals surface area contributed by atoms with Crippen molar-refractivity contribution in [2.24, 2.45) is 5.73 Å². The molecule has 3 nitrogen and oxygen atoms in total. The third-order valence-electron chi connectivity index (χ3n) is 2.64. The average Bonchev–Trinajstić information content (AvgIpc) is 2.18.